The molecule has 1 aromatic rings. The first-order chi connectivity index (χ1) is 9.52. The van der Waals surface area contributed by atoms with Crippen molar-refractivity contribution in [1.82, 2.24) is 4.90 Å². The number of halogens is 1. The molecule has 0 aromatic heterocycles. The van der Waals surface area contributed by atoms with E-state index in [1.807, 2.05) is 0 Å². The summed E-state index contributed by atoms with van der Waals surface area (Å²) in [5.74, 6) is -0.223. The van der Waals surface area contributed by atoms with Crippen molar-refractivity contribution >= 4 is 23.6 Å². The third kappa shape index (κ3) is 6.06. The van der Waals surface area contributed by atoms with Gasteiger partial charge in [0.15, 0.2) is 0 Å². The van der Waals surface area contributed by atoms with Crippen LogP contribution < -0.4 is 0 Å². The Labute approximate surface area is 122 Å². The predicted octanol–water partition coefficient (Wildman–Crippen LogP) is 2.33. The number of amides is 1. The molecule has 0 atom stereocenters. The van der Waals surface area contributed by atoms with Crippen molar-refractivity contribution in [3.63, 3.8) is 0 Å². The number of ether oxygens (including phenoxy) is 1. The van der Waals surface area contributed by atoms with Gasteiger partial charge in [-0.3, -0.25) is 9.59 Å². The molecule has 0 fully saturated rings. The summed E-state index contributed by atoms with van der Waals surface area (Å²) in [6.07, 6.45) is 0.317. The van der Waals surface area contributed by atoms with Crippen LogP contribution in [-0.2, 0) is 14.3 Å². The van der Waals surface area contributed by atoms with Gasteiger partial charge >= 0.3 is 5.97 Å². The van der Waals surface area contributed by atoms with E-state index in [0.717, 1.165) is 4.90 Å². The number of hydrogen-bond acceptors (Lipinski definition) is 4. The van der Waals surface area contributed by atoms with Crippen LogP contribution in [0.1, 0.15) is 13.3 Å². The molecule has 0 radical (unpaired) electrons. The average molecular weight is 299 g/mol. The molecular formula is C14H18FNO3S. The molecule has 0 saturated carbocycles. The summed E-state index contributed by atoms with van der Waals surface area (Å²) >= 11 is 1.47. The molecule has 0 aliphatic carbocycles. The van der Waals surface area contributed by atoms with Gasteiger partial charge in [-0.2, -0.15) is 0 Å². The number of hydrogen-bond donors (Lipinski definition) is 0. The summed E-state index contributed by atoms with van der Waals surface area (Å²) in [7, 11) is 1.57. The van der Waals surface area contributed by atoms with E-state index in [1.54, 1.807) is 26.1 Å². The van der Waals surface area contributed by atoms with Crippen LogP contribution in [0.15, 0.2) is 29.2 Å². The van der Waals surface area contributed by atoms with Gasteiger partial charge in [0.2, 0.25) is 5.91 Å². The molecule has 0 N–H and O–H groups in total. The summed E-state index contributed by atoms with van der Waals surface area (Å²) in [6, 6.07) is 6.12. The Kier molecular flexibility index (Phi) is 7.08. The highest BCUT2D eigenvalue weighted by Gasteiger charge is 2.13. The largest absolute Gasteiger partial charge is 0.465 e. The number of benzene rings is 1. The number of esters is 1. The molecule has 1 aromatic carbocycles. The van der Waals surface area contributed by atoms with E-state index < -0.39 is 5.97 Å². The Morgan fingerprint density at radius 2 is 1.95 bits per heavy atom. The van der Waals surface area contributed by atoms with Crippen LogP contribution in [0.3, 0.4) is 0 Å². The zero-order valence-corrected chi connectivity index (χ0v) is 12.4. The van der Waals surface area contributed by atoms with E-state index in [9.17, 15) is 14.0 Å². The highest BCUT2D eigenvalue weighted by Crippen LogP contribution is 2.19. The van der Waals surface area contributed by atoms with Crippen LogP contribution in [-0.4, -0.2) is 42.7 Å². The van der Waals surface area contributed by atoms with Crippen LogP contribution in [0, 0.1) is 5.82 Å². The van der Waals surface area contributed by atoms with Crippen molar-refractivity contribution < 1.29 is 18.7 Å². The van der Waals surface area contributed by atoms with Crippen LogP contribution in [0.2, 0.25) is 0 Å². The minimum atomic E-state index is -0.408. The Morgan fingerprint density at radius 1 is 1.30 bits per heavy atom. The topological polar surface area (TPSA) is 46.6 Å². The standard InChI is InChI=1S/C14H18FNO3S/c1-3-19-14(18)10-16(2)13(17)8-9-20-12-6-4-11(15)5-7-12/h4-7H,3,8-10H2,1-2H3. The predicted molar refractivity (Wildman–Crippen MR) is 76.0 cm³/mol. The van der Waals surface area contributed by atoms with Gasteiger partial charge in [-0.1, -0.05) is 0 Å². The smallest absolute Gasteiger partial charge is 0.325 e. The lowest BCUT2D eigenvalue weighted by atomic mass is 10.3. The quantitative estimate of drug-likeness (QED) is 0.572. The van der Waals surface area contributed by atoms with Gasteiger partial charge in [0.25, 0.3) is 0 Å². The molecule has 1 rings (SSSR count). The fourth-order valence-electron chi connectivity index (χ4n) is 1.47. The highest BCUT2D eigenvalue weighted by molar-refractivity contribution is 7.99. The summed E-state index contributed by atoms with van der Waals surface area (Å²) in [5, 5.41) is 0. The van der Waals surface area contributed by atoms with Crippen molar-refractivity contribution in [3.05, 3.63) is 30.1 Å². The number of likely N-dealkylation sites (N-methyl/N-ethyl adjacent to an activating group) is 1. The number of thioether (sulfide) groups is 1. The second-order valence-electron chi connectivity index (χ2n) is 4.11. The first-order valence-electron chi connectivity index (χ1n) is 6.31. The van der Waals surface area contributed by atoms with Crippen molar-refractivity contribution in [2.75, 3.05) is 26.0 Å². The van der Waals surface area contributed by atoms with Gasteiger partial charge < -0.3 is 9.64 Å². The molecule has 0 heterocycles. The Hall–Kier alpha value is -1.56. The third-order valence-corrected chi connectivity index (χ3v) is 3.51. The Morgan fingerprint density at radius 3 is 2.55 bits per heavy atom. The van der Waals surface area contributed by atoms with Gasteiger partial charge in [0.1, 0.15) is 12.4 Å². The van der Waals surface area contributed by atoms with Gasteiger partial charge in [0, 0.05) is 24.1 Å². The van der Waals surface area contributed by atoms with Crippen LogP contribution in [0.4, 0.5) is 4.39 Å². The molecule has 4 nitrogen and oxygen atoms in total. The van der Waals surface area contributed by atoms with E-state index in [4.69, 9.17) is 4.74 Å². The van der Waals surface area contributed by atoms with Crippen molar-refractivity contribution in [1.29, 1.82) is 0 Å². The summed E-state index contributed by atoms with van der Waals surface area (Å²) in [6.45, 7) is 1.99. The normalized spacial score (nSPS) is 10.2. The van der Waals surface area contributed by atoms with Gasteiger partial charge in [-0.15, -0.1) is 11.8 Å². The Bertz CT molecular complexity index is 450. The molecule has 0 unspecified atom stereocenters. The second kappa shape index (κ2) is 8.58. The van der Waals surface area contributed by atoms with E-state index in [0.29, 0.717) is 18.8 Å². The molecule has 0 bridgehead atoms. The monoisotopic (exact) mass is 299 g/mol. The lowest BCUT2D eigenvalue weighted by Gasteiger charge is -2.15. The minimum Gasteiger partial charge on any atom is -0.465 e. The van der Waals surface area contributed by atoms with Crippen molar-refractivity contribution in [2.45, 2.75) is 18.2 Å². The van der Waals surface area contributed by atoms with E-state index in [1.165, 1.54) is 28.8 Å². The maximum Gasteiger partial charge on any atom is 0.325 e. The third-order valence-electron chi connectivity index (χ3n) is 2.50. The van der Waals surface area contributed by atoms with Crippen molar-refractivity contribution in [3.8, 4) is 0 Å². The maximum atomic E-state index is 12.7. The molecule has 0 aliphatic heterocycles. The first-order valence-corrected chi connectivity index (χ1v) is 7.29. The van der Waals surface area contributed by atoms with E-state index in [2.05, 4.69) is 0 Å². The van der Waals surface area contributed by atoms with Gasteiger partial charge in [0.05, 0.1) is 6.61 Å². The maximum absolute atomic E-state index is 12.7. The fourth-order valence-corrected chi connectivity index (χ4v) is 2.31. The lowest BCUT2D eigenvalue weighted by Crippen LogP contribution is -2.33. The molecule has 0 spiro atoms. The van der Waals surface area contributed by atoms with Crippen LogP contribution in [0.5, 0.6) is 0 Å². The van der Waals surface area contributed by atoms with E-state index >= 15 is 0 Å². The zero-order chi connectivity index (χ0) is 15.0. The Balaban J connectivity index is 2.28. The molecule has 6 heteroatoms. The van der Waals surface area contributed by atoms with Gasteiger partial charge in [-0.25, -0.2) is 4.39 Å². The number of carbonyl (C=O) groups excluding carboxylic acids is 2. The molecule has 0 saturated heterocycles. The molecular weight excluding hydrogens is 281 g/mol. The van der Waals surface area contributed by atoms with Crippen LogP contribution >= 0.6 is 11.8 Å². The summed E-state index contributed by atoms with van der Waals surface area (Å²) < 4.78 is 17.5. The van der Waals surface area contributed by atoms with Gasteiger partial charge in [-0.05, 0) is 31.2 Å². The summed E-state index contributed by atoms with van der Waals surface area (Å²) in [5.41, 5.74) is 0. The molecule has 20 heavy (non-hydrogen) atoms. The van der Waals surface area contributed by atoms with Crippen molar-refractivity contribution in [2.24, 2.45) is 0 Å². The zero-order valence-electron chi connectivity index (χ0n) is 11.6. The first kappa shape index (κ1) is 16.5. The minimum absolute atomic E-state index is 0.0338. The fraction of sp³-hybridized carbons (Fsp3) is 0.429. The van der Waals surface area contributed by atoms with Crippen LogP contribution in [0.25, 0.3) is 0 Å². The molecule has 0 aliphatic rings. The number of nitrogens with zero attached hydrogens (tertiary/aromatic N) is 1. The van der Waals surface area contributed by atoms with E-state index in [-0.39, 0.29) is 18.3 Å². The molecule has 110 valence electrons. The molecule has 1 amide bonds. The lowest BCUT2D eigenvalue weighted by molar-refractivity contribution is -0.148. The second-order valence-corrected chi connectivity index (χ2v) is 5.28. The number of rotatable bonds is 7. The average Bonchev–Trinajstić information content (AvgIpc) is 2.41. The number of carbonyl (C=O) groups is 2. The highest BCUT2D eigenvalue weighted by atomic mass is 32.2. The SMILES string of the molecule is CCOC(=O)CN(C)C(=O)CCSc1ccc(F)cc1. The summed E-state index contributed by atoms with van der Waals surface area (Å²) in [4.78, 5) is 25.3.